The van der Waals surface area contributed by atoms with E-state index in [4.69, 9.17) is 10.8 Å². The summed E-state index contributed by atoms with van der Waals surface area (Å²) in [5, 5.41) is 8.63. The molecule has 0 fully saturated rings. The third kappa shape index (κ3) is 1.22. The molecule has 0 amide bonds. The van der Waals surface area contributed by atoms with Gasteiger partial charge in [-0.1, -0.05) is 0 Å². The Morgan fingerprint density at radius 1 is 1.91 bits per heavy atom. The molecule has 1 aromatic heterocycles. The number of nitrogens with two attached hydrogens (primary N) is 1. The van der Waals surface area contributed by atoms with Gasteiger partial charge in [0.05, 0.1) is 12.0 Å². The fourth-order valence-electron chi connectivity index (χ4n) is 0.654. The Morgan fingerprint density at radius 2 is 2.55 bits per heavy atom. The minimum Gasteiger partial charge on any atom is -0.480 e. The van der Waals surface area contributed by atoms with Crippen molar-refractivity contribution >= 4 is 5.97 Å². The maximum atomic E-state index is 10.5. The number of aromatic nitrogens is 2. The van der Waals surface area contributed by atoms with Gasteiger partial charge in [-0.2, -0.15) is 0 Å². The Balaban J connectivity index is 3.00. The minimum absolute atomic E-state index is 0.324. The lowest BCUT2D eigenvalue weighted by Gasteiger charge is -2.15. The molecule has 0 radical (unpaired) electrons. The molecular weight excluding hydrogens is 146 g/mol. The Kier molecular flexibility index (Phi) is 1.66. The highest BCUT2D eigenvalue weighted by Crippen LogP contribution is 2.13. The summed E-state index contributed by atoms with van der Waals surface area (Å²) < 4.78 is 0. The molecule has 0 saturated carbocycles. The fourth-order valence-corrected chi connectivity index (χ4v) is 0.654. The van der Waals surface area contributed by atoms with Gasteiger partial charge in [0.15, 0.2) is 5.54 Å². The molecule has 1 heterocycles. The molecule has 4 N–H and O–H groups in total. The Hall–Kier alpha value is -1.36. The van der Waals surface area contributed by atoms with E-state index in [0.717, 1.165) is 0 Å². The predicted octanol–water partition coefficient (Wildman–Crippen LogP) is -0.332. The summed E-state index contributed by atoms with van der Waals surface area (Å²) in [6, 6.07) is 0. The van der Waals surface area contributed by atoms with E-state index in [2.05, 4.69) is 9.97 Å². The molecule has 0 saturated heterocycles. The SMILES string of the molecule is CC(N)(C(=O)O)c1c[nH]cn1. The normalized spacial score (nSPS) is 15.8. The molecule has 0 aromatic carbocycles. The Morgan fingerprint density at radius 3 is 2.91 bits per heavy atom. The summed E-state index contributed by atoms with van der Waals surface area (Å²) in [7, 11) is 0. The van der Waals surface area contributed by atoms with Crippen molar-refractivity contribution in [3.05, 3.63) is 18.2 Å². The van der Waals surface area contributed by atoms with Gasteiger partial charge < -0.3 is 15.8 Å². The molecule has 0 spiro atoms. The average Bonchev–Trinajstić information content (AvgIpc) is 2.37. The van der Waals surface area contributed by atoms with E-state index in [-0.39, 0.29) is 0 Å². The van der Waals surface area contributed by atoms with E-state index >= 15 is 0 Å². The molecule has 11 heavy (non-hydrogen) atoms. The molecule has 1 aromatic rings. The number of hydrogen-bond acceptors (Lipinski definition) is 3. The standard InChI is InChI=1S/C6H9N3O2/c1-6(7,5(10)11)4-2-8-3-9-4/h2-3H,7H2,1H3,(H,8,9)(H,10,11). The first-order valence-electron chi connectivity index (χ1n) is 3.06. The van der Waals surface area contributed by atoms with E-state index in [1.54, 1.807) is 0 Å². The van der Waals surface area contributed by atoms with E-state index < -0.39 is 11.5 Å². The van der Waals surface area contributed by atoms with Gasteiger partial charge in [0.2, 0.25) is 0 Å². The van der Waals surface area contributed by atoms with E-state index in [1.165, 1.54) is 19.4 Å². The molecule has 0 aliphatic heterocycles. The molecule has 1 unspecified atom stereocenters. The van der Waals surface area contributed by atoms with Crippen molar-refractivity contribution < 1.29 is 9.90 Å². The van der Waals surface area contributed by atoms with Crippen LogP contribution in [0, 0.1) is 0 Å². The summed E-state index contributed by atoms with van der Waals surface area (Å²) in [5.41, 5.74) is 4.36. The number of nitrogens with one attached hydrogen (secondary N) is 1. The van der Waals surface area contributed by atoms with E-state index in [1.807, 2.05) is 0 Å². The van der Waals surface area contributed by atoms with Crippen LogP contribution in [0.3, 0.4) is 0 Å². The molecule has 0 aliphatic carbocycles. The number of aliphatic carboxylic acids is 1. The third-order valence-electron chi connectivity index (χ3n) is 1.47. The van der Waals surface area contributed by atoms with Gasteiger partial charge in [-0.05, 0) is 6.92 Å². The van der Waals surface area contributed by atoms with Crippen LogP contribution in [0.5, 0.6) is 0 Å². The highest BCUT2D eigenvalue weighted by molar-refractivity contribution is 5.79. The lowest BCUT2D eigenvalue weighted by molar-refractivity contribution is -0.143. The van der Waals surface area contributed by atoms with Crippen LogP contribution in [0.15, 0.2) is 12.5 Å². The molecule has 0 aliphatic rings. The monoisotopic (exact) mass is 155 g/mol. The van der Waals surface area contributed by atoms with Crippen LogP contribution in [-0.2, 0) is 10.3 Å². The molecule has 1 rings (SSSR count). The maximum Gasteiger partial charge on any atom is 0.329 e. The summed E-state index contributed by atoms with van der Waals surface area (Å²) in [6.45, 7) is 1.39. The van der Waals surface area contributed by atoms with Crippen molar-refractivity contribution in [2.45, 2.75) is 12.5 Å². The maximum absolute atomic E-state index is 10.5. The smallest absolute Gasteiger partial charge is 0.329 e. The topological polar surface area (TPSA) is 92.0 Å². The summed E-state index contributed by atoms with van der Waals surface area (Å²) in [6.07, 6.45) is 2.86. The van der Waals surface area contributed by atoms with Gasteiger partial charge >= 0.3 is 5.97 Å². The first kappa shape index (κ1) is 7.74. The fraction of sp³-hybridized carbons (Fsp3) is 0.333. The van der Waals surface area contributed by atoms with Crippen molar-refractivity contribution in [3.63, 3.8) is 0 Å². The zero-order valence-electron chi connectivity index (χ0n) is 6.03. The van der Waals surface area contributed by atoms with Gasteiger partial charge in [-0.3, -0.25) is 0 Å². The second-order valence-corrected chi connectivity index (χ2v) is 2.46. The number of nitrogens with zero attached hydrogens (tertiary/aromatic N) is 1. The van der Waals surface area contributed by atoms with Gasteiger partial charge in [-0.15, -0.1) is 0 Å². The number of rotatable bonds is 2. The van der Waals surface area contributed by atoms with Crippen LogP contribution in [-0.4, -0.2) is 21.0 Å². The number of imidazole rings is 1. The zero-order valence-corrected chi connectivity index (χ0v) is 6.03. The van der Waals surface area contributed by atoms with Crippen molar-refractivity contribution in [1.29, 1.82) is 0 Å². The summed E-state index contributed by atoms with van der Waals surface area (Å²) >= 11 is 0. The van der Waals surface area contributed by atoms with Crippen LogP contribution in [0.4, 0.5) is 0 Å². The molecule has 0 bridgehead atoms. The van der Waals surface area contributed by atoms with E-state index in [9.17, 15) is 4.79 Å². The number of H-pyrrole nitrogens is 1. The van der Waals surface area contributed by atoms with Gasteiger partial charge in [-0.25, -0.2) is 9.78 Å². The van der Waals surface area contributed by atoms with Crippen LogP contribution < -0.4 is 5.73 Å². The Labute approximate surface area is 63.3 Å². The number of aromatic amines is 1. The predicted molar refractivity (Wildman–Crippen MR) is 37.8 cm³/mol. The quantitative estimate of drug-likeness (QED) is 0.545. The van der Waals surface area contributed by atoms with Crippen LogP contribution >= 0.6 is 0 Å². The molecule has 60 valence electrons. The lowest BCUT2D eigenvalue weighted by Crippen LogP contribution is -2.41. The zero-order chi connectivity index (χ0) is 8.48. The Bertz CT molecular complexity index is 253. The third-order valence-corrected chi connectivity index (χ3v) is 1.47. The van der Waals surface area contributed by atoms with Crippen molar-refractivity contribution in [1.82, 2.24) is 9.97 Å². The number of carboxylic acid groups (broad SMARTS) is 1. The van der Waals surface area contributed by atoms with Crippen LogP contribution in [0.2, 0.25) is 0 Å². The lowest BCUT2D eigenvalue weighted by atomic mass is 10.0. The first-order chi connectivity index (χ1) is 5.05. The van der Waals surface area contributed by atoms with E-state index in [0.29, 0.717) is 5.69 Å². The summed E-state index contributed by atoms with van der Waals surface area (Å²) in [4.78, 5) is 16.9. The number of carboxylic acids is 1. The summed E-state index contributed by atoms with van der Waals surface area (Å²) in [5.74, 6) is -1.09. The van der Waals surface area contributed by atoms with Crippen molar-refractivity contribution in [3.8, 4) is 0 Å². The highest BCUT2D eigenvalue weighted by atomic mass is 16.4. The largest absolute Gasteiger partial charge is 0.480 e. The van der Waals surface area contributed by atoms with Crippen LogP contribution in [0.25, 0.3) is 0 Å². The van der Waals surface area contributed by atoms with Gasteiger partial charge in [0, 0.05) is 6.20 Å². The second-order valence-electron chi connectivity index (χ2n) is 2.46. The number of hydrogen-bond donors (Lipinski definition) is 3. The molecule has 5 heteroatoms. The molecular formula is C6H9N3O2. The first-order valence-corrected chi connectivity index (χ1v) is 3.06. The van der Waals surface area contributed by atoms with Crippen molar-refractivity contribution in [2.24, 2.45) is 5.73 Å². The van der Waals surface area contributed by atoms with Crippen molar-refractivity contribution in [2.75, 3.05) is 0 Å². The number of carbonyl (C=O) groups is 1. The van der Waals surface area contributed by atoms with Gasteiger partial charge in [0.25, 0.3) is 0 Å². The van der Waals surface area contributed by atoms with Crippen LogP contribution in [0.1, 0.15) is 12.6 Å². The average molecular weight is 155 g/mol. The minimum atomic E-state index is -1.40. The molecule has 5 nitrogen and oxygen atoms in total. The molecule has 1 atom stereocenters. The second kappa shape index (κ2) is 2.35. The highest BCUT2D eigenvalue weighted by Gasteiger charge is 2.31. The van der Waals surface area contributed by atoms with Gasteiger partial charge in [0.1, 0.15) is 0 Å².